The number of anilines is 1. The van der Waals surface area contributed by atoms with Crippen LogP contribution in [0.4, 0.5) is 23.2 Å². The van der Waals surface area contributed by atoms with Gasteiger partial charge >= 0.3 is 0 Å². The summed E-state index contributed by atoms with van der Waals surface area (Å²) in [5.74, 6) is -4.15. The van der Waals surface area contributed by atoms with E-state index in [1.165, 1.54) is 0 Å². The lowest BCUT2D eigenvalue weighted by Gasteiger charge is -2.33. The minimum atomic E-state index is -4.22. The summed E-state index contributed by atoms with van der Waals surface area (Å²) in [7, 11) is -4.22. The largest absolute Gasteiger partial charge is 0.322 e. The van der Waals surface area contributed by atoms with Gasteiger partial charge in [0.2, 0.25) is 15.9 Å². The van der Waals surface area contributed by atoms with Gasteiger partial charge in [-0.3, -0.25) is 9.69 Å². The van der Waals surface area contributed by atoms with Gasteiger partial charge in [0.15, 0.2) is 0 Å². The first-order valence-corrected chi connectivity index (χ1v) is 10.0. The first-order chi connectivity index (χ1) is 13.7. The number of sulfonamides is 1. The van der Waals surface area contributed by atoms with Crippen LogP contribution in [0.1, 0.15) is 0 Å². The van der Waals surface area contributed by atoms with Crippen molar-refractivity contribution in [1.29, 1.82) is 0 Å². The topological polar surface area (TPSA) is 69.7 Å². The van der Waals surface area contributed by atoms with Crippen LogP contribution in [0, 0.1) is 23.3 Å². The fourth-order valence-electron chi connectivity index (χ4n) is 2.93. The molecule has 0 bridgehead atoms. The van der Waals surface area contributed by atoms with E-state index in [-0.39, 0.29) is 38.4 Å². The van der Waals surface area contributed by atoms with Gasteiger partial charge in [0.1, 0.15) is 28.2 Å². The molecule has 0 aromatic heterocycles. The number of benzene rings is 2. The highest BCUT2D eigenvalue weighted by atomic mass is 32.2. The highest BCUT2D eigenvalue weighted by molar-refractivity contribution is 7.89. The van der Waals surface area contributed by atoms with E-state index >= 15 is 0 Å². The third-order valence-electron chi connectivity index (χ3n) is 4.41. The van der Waals surface area contributed by atoms with Crippen molar-refractivity contribution in [2.75, 3.05) is 38.0 Å². The van der Waals surface area contributed by atoms with Crippen molar-refractivity contribution < 1.29 is 30.8 Å². The number of carbonyl (C=O) groups is 1. The molecule has 1 saturated heterocycles. The number of amides is 1. The van der Waals surface area contributed by atoms with E-state index in [0.717, 1.165) is 28.6 Å². The van der Waals surface area contributed by atoms with E-state index in [0.29, 0.717) is 12.1 Å². The smallest absolute Gasteiger partial charge is 0.246 e. The third-order valence-corrected chi connectivity index (χ3v) is 6.33. The van der Waals surface area contributed by atoms with Gasteiger partial charge in [0, 0.05) is 32.2 Å². The molecule has 2 aromatic rings. The first-order valence-electron chi connectivity index (χ1n) is 8.59. The number of rotatable bonds is 5. The second-order valence-corrected chi connectivity index (χ2v) is 8.33. The number of piperazine rings is 1. The molecule has 0 aliphatic carbocycles. The maximum absolute atomic E-state index is 13.8. The van der Waals surface area contributed by atoms with Gasteiger partial charge in [-0.1, -0.05) is 0 Å². The summed E-state index contributed by atoms with van der Waals surface area (Å²) < 4.78 is 79.8. The summed E-state index contributed by atoms with van der Waals surface area (Å²) in [6.07, 6.45) is 0. The quantitative estimate of drug-likeness (QED) is 0.737. The molecule has 156 valence electrons. The monoisotopic (exact) mass is 431 g/mol. The van der Waals surface area contributed by atoms with Crippen LogP contribution < -0.4 is 5.32 Å². The first kappa shape index (κ1) is 21.2. The van der Waals surface area contributed by atoms with Crippen LogP contribution in [0.25, 0.3) is 0 Å². The molecule has 0 spiro atoms. The van der Waals surface area contributed by atoms with Crippen LogP contribution in [0.5, 0.6) is 0 Å². The van der Waals surface area contributed by atoms with Gasteiger partial charge in [0.25, 0.3) is 0 Å². The molecule has 0 saturated carbocycles. The molecule has 0 atom stereocenters. The zero-order valence-corrected chi connectivity index (χ0v) is 15.9. The highest BCUT2D eigenvalue weighted by Crippen LogP contribution is 2.22. The molecule has 1 heterocycles. The number of halogens is 4. The van der Waals surface area contributed by atoms with Crippen molar-refractivity contribution in [3.63, 3.8) is 0 Å². The fraction of sp³-hybridized carbons (Fsp3) is 0.278. The summed E-state index contributed by atoms with van der Waals surface area (Å²) in [6, 6.07) is 4.95. The summed E-state index contributed by atoms with van der Waals surface area (Å²) >= 11 is 0. The second-order valence-electron chi connectivity index (χ2n) is 6.43. The lowest BCUT2D eigenvalue weighted by atomic mass is 10.3. The molecule has 0 radical (unpaired) electrons. The van der Waals surface area contributed by atoms with Crippen LogP contribution >= 0.6 is 0 Å². The van der Waals surface area contributed by atoms with Gasteiger partial charge < -0.3 is 5.32 Å². The van der Waals surface area contributed by atoms with E-state index in [1.54, 1.807) is 4.90 Å². The van der Waals surface area contributed by atoms with E-state index in [9.17, 15) is 30.8 Å². The molecule has 1 aliphatic rings. The fourth-order valence-corrected chi connectivity index (χ4v) is 4.42. The van der Waals surface area contributed by atoms with Gasteiger partial charge in [0.05, 0.1) is 12.2 Å². The summed E-state index contributed by atoms with van der Waals surface area (Å²) in [4.78, 5) is 13.0. The molecule has 1 aliphatic heterocycles. The van der Waals surface area contributed by atoms with E-state index in [2.05, 4.69) is 5.32 Å². The van der Waals surface area contributed by atoms with Gasteiger partial charge in [-0.15, -0.1) is 0 Å². The average molecular weight is 431 g/mol. The van der Waals surface area contributed by atoms with Crippen LogP contribution in [0.3, 0.4) is 0 Å². The highest BCUT2D eigenvalue weighted by Gasteiger charge is 2.31. The van der Waals surface area contributed by atoms with Crippen molar-refractivity contribution >= 4 is 21.6 Å². The van der Waals surface area contributed by atoms with Crippen LogP contribution in [0.15, 0.2) is 41.3 Å². The SMILES string of the molecule is O=C(CN1CCN(S(=O)(=O)c2cc(F)ccc2F)CC1)Nc1ccc(F)cc1F. The third kappa shape index (κ3) is 4.92. The molecule has 11 heteroatoms. The maximum Gasteiger partial charge on any atom is 0.246 e. The number of nitrogens with zero attached hydrogens (tertiary/aromatic N) is 2. The van der Waals surface area contributed by atoms with E-state index < -0.39 is 44.1 Å². The molecule has 1 fully saturated rings. The van der Waals surface area contributed by atoms with E-state index in [1.807, 2.05) is 0 Å². The lowest BCUT2D eigenvalue weighted by Crippen LogP contribution is -2.50. The summed E-state index contributed by atoms with van der Waals surface area (Å²) in [5, 5.41) is 2.32. The Labute approximate surface area is 164 Å². The maximum atomic E-state index is 13.8. The number of hydrogen-bond donors (Lipinski definition) is 1. The number of hydrogen-bond acceptors (Lipinski definition) is 4. The molecule has 2 aromatic carbocycles. The predicted octanol–water partition coefficient (Wildman–Crippen LogP) is 2.19. The van der Waals surface area contributed by atoms with Crippen molar-refractivity contribution in [3.8, 4) is 0 Å². The van der Waals surface area contributed by atoms with Crippen molar-refractivity contribution in [2.24, 2.45) is 0 Å². The Hall–Kier alpha value is -2.50. The Morgan fingerprint density at radius 1 is 0.897 bits per heavy atom. The Bertz CT molecular complexity index is 1030. The Balaban J connectivity index is 1.58. The zero-order chi connectivity index (χ0) is 21.2. The van der Waals surface area contributed by atoms with E-state index in [4.69, 9.17) is 0 Å². The molecular weight excluding hydrogens is 414 g/mol. The lowest BCUT2D eigenvalue weighted by molar-refractivity contribution is -0.117. The number of nitrogens with one attached hydrogen (secondary N) is 1. The minimum Gasteiger partial charge on any atom is -0.322 e. The van der Waals surface area contributed by atoms with Gasteiger partial charge in [-0.2, -0.15) is 4.31 Å². The molecule has 29 heavy (non-hydrogen) atoms. The molecule has 0 unspecified atom stereocenters. The Morgan fingerprint density at radius 3 is 2.17 bits per heavy atom. The molecule has 6 nitrogen and oxygen atoms in total. The summed E-state index contributed by atoms with van der Waals surface area (Å²) in [5.41, 5.74) is -0.167. The Kier molecular flexibility index (Phi) is 6.20. The molecule has 3 rings (SSSR count). The minimum absolute atomic E-state index is 0.0313. The zero-order valence-electron chi connectivity index (χ0n) is 15.0. The average Bonchev–Trinajstić information content (AvgIpc) is 2.66. The van der Waals surface area contributed by atoms with Crippen molar-refractivity contribution in [3.05, 3.63) is 59.7 Å². The second kappa shape index (κ2) is 8.47. The van der Waals surface area contributed by atoms with Gasteiger partial charge in [-0.05, 0) is 30.3 Å². The summed E-state index contributed by atoms with van der Waals surface area (Å²) in [6.45, 7) is 0.122. The van der Waals surface area contributed by atoms with Crippen molar-refractivity contribution in [2.45, 2.75) is 4.90 Å². The Morgan fingerprint density at radius 2 is 1.52 bits per heavy atom. The van der Waals surface area contributed by atoms with Gasteiger partial charge in [-0.25, -0.2) is 26.0 Å². The van der Waals surface area contributed by atoms with Crippen LogP contribution in [-0.4, -0.2) is 56.3 Å². The normalized spacial score (nSPS) is 16.0. The van der Waals surface area contributed by atoms with Crippen molar-refractivity contribution in [1.82, 2.24) is 9.21 Å². The molecule has 1 amide bonds. The van der Waals surface area contributed by atoms with Crippen LogP contribution in [0.2, 0.25) is 0 Å². The van der Waals surface area contributed by atoms with Crippen LogP contribution in [-0.2, 0) is 14.8 Å². The molecule has 1 N–H and O–H groups in total. The predicted molar refractivity (Wildman–Crippen MR) is 96.5 cm³/mol. The standard InChI is InChI=1S/C18H17F4N3O3S/c19-12-2-4-16(15(22)9-12)23-18(26)11-24-5-7-25(8-6-24)29(27,28)17-10-13(20)1-3-14(17)21/h1-4,9-10H,5-8,11H2,(H,23,26). The number of carbonyl (C=O) groups excluding carboxylic acids is 1. The molecular formula is C18H17F4N3O3S.